The molecule has 0 aliphatic rings. The van der Waals surface area contributed by atoms with Gasteiger partial charge in [-0.05, 0) is 23.6 Å². The third-order valence-corrected chi connectivity index (χ3v) is 6.83. The van der Waals surface area contributed by atoms with Crippen LogP contribution in [0.4, 0.5) is 0 Å². The Morgan fingerprint density at radius 3 is 1.90 bits per heavy atom. The summed E-state index contributed by atoms with van der Waals surface area (Å²) in [4.78, 5) is 37.4. The van der Waals surface area contributed by atoms with Crippen molar-refractivity contribution in [2.75, 3.05) is 0 Å². The number of aromatic amines is 2. The number of nitrogens with one attached hydrogen (secondary N) is 2. The highest BCUT2D eigenvalue weighted by molar-refractivity contribution is 5.91. The Hall–Kier alpha value is -5.77. The molecule has 0 spiro atoms. The molecule has 2 N–H and O–H groups in total. The largest absolute Gasteiger partial charge is 0.437 e. The maximum Gasteiger partial charge on any atom is 0.264 e. The molecule has 0 atom stereocenters. The second-order valence-corrected chi connectivity index (χ2v) is 9.68. The van der Waals surface area contributed by atoms with Crippen molar-refractivity contribution < 1.29 is 9.47 Å². The Labute approximate surface area is 238 Å². The summed E-state index contributed by atoms with van der Waals surface area (Å²) in [7, 11) is 0. The molecule has 0 bridgehead atoms. The van der Waals surface area contributed by atoms with E-state index in [1.807, 2.05) is 67.6 Å². The zero-order valence-electron chi connectivity index (χ0n) is 22.5. The van der Waals surface area contributed by atoms with Crippen molar-refractivity contribution in [3.05, 3.63) is 150 Å². The van der Waals surface area contributed by atoms with Gasteiger partial charge in [0, 0.05) is 53.8 Å². The molecular weight excluding hydrogens is 534 g/mol. The standard InChI is InChI=1S/C32H25N5O5/c1-20-24(16-21-8-4-2-5-9-21)32(40)37(19-22-10-6-3-7-11-22)25-17-23(41-29-14-12-27(38)33-35-29)18-26(31(20)25)42-30-15-13-28(39)34-36-30/h2-15,17-18H,16,19H2,1H3,(H,33,38)(H,34,39). The van der Waals surface area contributed by atoms with Crippen molar-refractivity contribution in [1.82, 2.24) is 25.0 Å². The zero-order valence-corrected chi connectivity index (χ0v) is 22.5. The number of nitrogens with zero attached hydrogens (tertiary/aromatic N) is 3. The van der Waals surface area contributed by atoms with Gasteiger partial charge in [-0.1, -0.05) is 60.7 Å². The van der Waals surface area contributed by atoms with E-state index in [1.54, 1.807) is 16.7 Å². The first-order chi connectivity index (χ1) is 20.4. The minimum atomic E-state index is -0.369. The number of rotatable bonds is 8. The maximum atomic E-state index is 14.2. The lowest BCUT2D eigenvalue weighted by atomic mass is 9.97. The van der Waals surface area contributed by atoms with Gasteiger partial charge < -0.3 is 14.0 Å². The zero-order chi connectivity index (χ0) is 29.1. The van der Waals surface area contributed by atoms with Crippen molar-refractivity contribution in [1.29, 1.82) is 0 Å². The van der Waals surface area contributed by atoms with Gasteiger partial charge in [0.2, 0.25) is 11.8 Å². The van der Waals surface area contributed by atoms with Gasteiger partial charge in [-0.3, -0.25) is 14.4 Å². The molecule has 42 heavy (non-hydrogen) atoms. The summed E-state index contributed by atoms with van der Waals surface area (Å²) < 4.78 is 13.9. The summed E-state index contributed by atoms with van der Waals surface area (Å²) in [6.45, 7) is 2.20. The summed E-state index contributed by atoms with van der Waals surface area (Å²) in [6, 6.07) is 28.4. The number of aromatic nitrogens is 5. The number of H-pyrrole nitrogens is 2. The van der Waals surface area contributed by atoms with Crippen LogP contribution in [0.2, 0.25) is 0 Å². The molecule has 10 nitrogen and oxygen atoms in total. The molecular formula is C32H25N5O5. The second-order valence-electron chi connectivity index (χ2n) is 9.68. The van der Waals surface area contributed by atoms with Gasteiger partial charge in [0.15, 0.2) is 0 Å². The first-order valence-corrected chi connectivity index (χ1v) is 13.2. The highest BCUT2D eigenvalue weighted by atomic mass is 16.5. The first-order valence-electron chi connectivity index (χ1n) is 13.2. The van der Waals surface area contributed by atoms with Crippen LogP contribution in [-0.4, -0.2) is 25.0 Å². The molecule has 0 fully saturated rings. The van der Waals surface area contributed by atoms with E-state index in [9.17, 15) is 14.4 Å². The van der Waals surface area contributed by atoms with Gasteiger partial charge in [-0.2, -0.15) is 0 Å². The van der Waals surface area contributed by atoms with Crippen LogP contribution in [0.3, 0.4) is 0 Å². The average Bonchev–Trinajstić information content (AvgIpc) is 3.00. The molecule has 3 aromatic heterocycles. The fourth-order valence-corrected chi connectivity index (χ4v) is 4.83. The smallest absolute Gasteiger partial charge is 0.264 e. The Kier molecular flexibility index (Phi) is 7.17. The Bertz CT molecular complexity index is 2030. The van der Waals surface area contributed by atoms with Gasteiger partial charge >= 0.3 is 0 Å². The van der Waals surface area contributed by atoms with Gasteiger partial charge in [-0.15, -0.1) is 10.2 Å². The van der Waals surface area contributed by atoms with E-state index in [1.165, 1.54) is 24.3 Å². The fourth-order valence-electron chi connectivity index (χ4n) is 4.83. The summed E-state index contributed by atoms with van der Waals surface area (Å²) >= 11 is 0. The van der Waals surface area contributed by atoms with E-state index in [-0.39, 0.29) is 28.4 Å². The molecule has 0 aliphatic carbocycles. The van der Waals surface area contributed by atoms with E-state index < -0.39 is 0 Å². The Morgan fingerprint density at radius 2 is 1.31 bits per heavy atom. The van der Waals surface area contributed by atoms with Crippen molar-refractivity contribution in [2.45, 2.75) is 19.9 Å². The number of hydrogen-bond donors (Lipinski definition) is 2. The van der Waals surface area contributed by atoms with Crippen LogP contribution in [0.5, 0.6) is 23.3 Å². The number of hydrogen-bond acceptors (Lipinski definition) is 7. The van der Waals surface area contributed by atoms with Gasteiger partial charge in [0.05, 0.1) is 12.1 Å². The van der Waals surface area contributed by atoms with Crippen LogP contribution in [0.1, 0.15) is 22.3 Å². The fraction of sp³-hybridized carbons (Fsp3) is 0.0938. The summed E-state index contributed by atoms with van der Waals surface area (Å²) in [5, 5.41) is 13.4. The van der Waals surface area contributed by atoms with Gasteiger partial charge in [0.25, 0.3) is 16.7 Å². The predicted molar refractivity (Wildman–Crippen MR) is 158 cm³/mol. The molecule has 0 radical (unpaired) electrons. The molecule has 6 aromatic rings. The molecule has 3 aromatic carbocycles. The molecule has 0 unspecified atom stereocenters. The van der Waals surface area contributed by atoms with Crippen LogP contribution < -0.4 is 26.2 Å². The third-order valence-electron chi connectivity index (χ3n) is 6.83. The molecule has 208 valence electrons. The highest BCUT2D eigenvalue weighted by Crippen LogP contribution is 2.38. The first kappa shape index (κ1) is 26.5. The van der Waals surface area contributed by atoms with E-state index >= 15 is 0 Å². The third kappa shape index (κ3) is 5.59. The Balaban J connectivity index is 1.60. The van der Waals surface area contributed by atoms with Gasteiger partial charge in [-0.25, -0.2) is 10.2 Å². The minimum absolute atomic E-state index is 0.139. The number of pyridine rings is 1. The SMILES string of the molecule is Cc1c(Cc2ccccc2)c(=O)n(Cc2ccccc2)c2cc(Oc3ccc(=O)[nH]n3)cc(Oc3ccc(=O)[nH]n3)c12. The lowest BCUT2D eigenvalue weighted by Crippen LogP contribution is -2.26. The molecule has 6 rings (SSSR count). The maximum absolute atomic E-state index is 14.2. The van der Waals surface area contributed by atoms with Crippen LogP contribution in [-0.2, 0) is 13.0 Å². The number of benzene rings is 3. The summed E-state index contributed by atoms with van der Waals surface area (Å²) in [6.07, 6.45) is 0.423. The Morgan fingerprint density at radius 1 is 0.714 bits per heavy atom. The number of aryl methyl sites for hydroxylation is 1. The molecule has 0 aliphatic heterocycles. The van der Waals surface area contributed by atoms with Crippen molar-refractivity contribution in [3.63, 3.8) is 0 Å². The topological polar surface area (TPSA) is 132 Å². The van der Waals surface area contributed by atoms with Crippen LogP contribution in [0.15, 0.2) is 111 Å². The lowest BCUT2D eigenvalue weighted by Gasteiger charge is -2.20. The quantitative estimate of drug-likeness (QED) is 0.276. The van der Waals surface area contributed by atoms with E-state index in [0.717, 1.165) is 16.7 Å². The van der Waals surface area contributed by atoms with Crippen molar-refractivity contribution in [3.8, 4) is 23.3 Å². The van der Waals surface area contributed by atoms with E-state index in [0.29, 0.717) is 40.9 Å². The predicted octanol–water partition coefficient (Wildman–Crippen LogP) is 4.70. The normalized spacial score (nSPS) is 11.0. The lowest BCUT2D eigenvalue weighted by molar-refractivity contribution is 0.437. The van der Waals surface area contributed by atoms with Crippen molar-refractivity contribution >= 4 is 10.9 Å². The average molecular weight is 560 g/mol. The summed E-state index contributed by atoms with van der Waals surface area (Å²) in [5.74, 6) is 0.981. The number of fused-ring (bicyclic) bond motifs is 1. The summed E-state index contributed by atoms with van der Waals surface area (Å²) in [5.41, 5.74) is 3.00. The van der Waals surface area contributed by atoms with Crippen LogP contribution >= 0.6 is 0 Å². The van der Waals surface area contributed by atoms with Crippen LogP contribution in [0, 0.1) is 6.92 Å². The van der Waals surface area contributed by atoms with E-state index in [2.05, 4.69) is 20.4 Å². The van der Waals surface area contributed by atoms with Gasteiger partial charge in [0.1, 0.15) is 11.5 Å². The van der Waals surface area contributed by atoms with Crippen LogP contribution in [0.25, 0.3) is 10.9 Å². The monoisotopic (exact) mass is 559 g/mol. The molecule has 0 saturated heterocycles. The molecule has 3 heterocycles. The second kappa shape index (κ2) is 11.4. The van der Waals surface area contributed by atoms with E-state index in [4.69, 9.17) is 9.47 Å². The molecule has 0 saturated carbocycles. The molecule has 10 heteroatoms. The van der Waals surface area contributed by atoms with Crippen molar-refractivity contribution in [2.24, 2.45) is 0 Å². The number of ether oxygens (including phenoxy) is 2. The minimum Gasteiger partial charge on any atom is -0.437 e. The molecule has 0 amide bonds. The highest BCUT2D eigenvalue weighted by Gasteiger charge is 2.21.